The number of ether oxygens (including phenoxy) is 1. The Kier molecular flexibility index (Phi) is 5.56. The van der Waals surface area contributed by atoms with Gasteiger partial charge in [-0.15, -0.1) is 11.8 Å². The SMILES string of the molecule is COc1ccc(CSCC(=O)Nc2cccc3ccccc23)cc1F. The maximum Gasteiger partial charge on any atom is 0.234 e. The first-order valence-electron chi connectivity index (χ1n) is 7.85. The summed E-state index contributed by atoms with van der Waals surface area (Å²) >= 11 is 1.44. The molecule has 3 aromatic carbocycles. The normalized spacial score (nSPS) is 10.6. The highest BCUT2D eigenvalue weighted by molar-refractivity contribution is 7.99. The Morgan fingerprint density at radius 2 is 1.92 bits per heavy atom. The van der Waals surface area contributed by atoms with Crippen molar-refractivity contribution in [1.82, 2.24) is 0 Å². The zero-order valence-electron chi connectivity index (χ0n) is 13.8. The van der Waals surface area contributed by atoms with Crippen LogP contribution in [-0.2, 0) is 10.5 Å². The zero-order valence-corrected chi connectivity index (χ0v) is 14.6. The number of thioether (sulfide) groups is 1. The van der Waals surface area contributed by atoms with E-state index in [1.165, 1.54) is 24.9 Å². The zero-order chi connectivity index (χ0) is 17.6. The molecular weight excluding hydrogens is 337 g/mol. The minimum atomic E-state index is -0.388. The van der Waals surface area contributed by atoms with Gasteiger partial charge in [0.1, 0.15) is 0 Å². The summed E-state index contributed by atoms with van der Waals surface area (Å²) in [7, 11) is 1.43. The summed E-state index contributed by atoms with van der Waals surface area (Å²) < 4.78 is 18.6. The van der Waals surface area contributed by atoms with Gasteiger partial charge in [-0.2, -0.15) is 0 Å². The molecule has 5 heteroatoms. The maximum atomic E-state index is 13.7. The van der Waals surface area contributed by atoms with E-state index >= 15 is 0 Å². The summed E-state index contributed by atoms with van der Waals surface area (Å²) in [5, 5.41) is 5.05. The van der Waals surface area contributed by atoms with Gasteiger partial charge in [-0.1, -0.05) is 42.5 Å². The van der Waals surface area contributed by atoms with E-state index in [9.17, 15) is 9.18 Å². The number of anilines is 1. The third-order valence-corrected chi connectivity index (χ3v) is 4.79. The maximum absolute atomic E-state index is 13.7. The lowest BCUT2D eigenvalue weighted by Crippen LogP contribution is -2.14. The molecule has 0 bridgehead atoms. The second-order valence-corrected chi connectivity index (χ2v) is 6.52. The highest BCUT2D eigenvalue weighted by Gasteiger charge is 2.07. The molecule has 1 N–H and O–H groups in total. The minimum absolute atomic E-state index is 0.0738. The van der Waals surface area contributed by atoms with Crippen LogP contribution in [0.1, 0.15) is 5.56 Å². The van der Waals surface area contributed by atoms with Crippen LogP contribution in [0.3, 0.4) is 0 Å². The summed E-state index contributed by atoms with van der Waals surface area (Å²) in [6.07, 6.45) is 0. The van der Waals surface area contributed by atoms with E-state index in [1.54, 1.807) is 12.1 Å². The van der Waals surface area contributed by atoms with Crippen LogP contribution in [0.4, 0.5) is 10.1 Å². The first-order valence-corrected chi connectivity index (χ1v) is 9.00. The fourth-order valence-electron chi connectivity index (χ4n) is 2.58. The van der Waals surface area contributed by atoms with Crippen molar-refractivity contribution in [3.05, 3.63) is 72.0 Å². The van der Waals surface area contributed by atoms with E-state index in [0.29, 0.717) is 11.5 Å². The molecule has 0 aromatic heterocycles. The van der Waals surface area contributed by atoms with Crippen molar-refractivity contribution in [2.24, 2.45) is 0 Å². The van der Waals surface area contributed by atoms with Crippen LogP contribution in [-0.4, -0.2) is 18.8 Å². The van der Waals surface area contributed by atoms with Gasteiger partial charge < -0.3 is 10.1 Å². The number of hydrogen-bond donors (Lipinski definition) is 1. The second-order valence-electron chi connectivity index (χ2n) is 5.54. The molecule has 0 fully saturated rings. The van der Waals surface area contributed by atoms with Crippen molar-refractivity contribution in [3.63, 3.8) is 0 Å². The number of rotatable bonds is 6. The van der Waals surface area contributed by atoms with E-state index in [0.717, 1.165) is 22.0 Å². The molecular formula is C20H18FNO2S. The number of carbonyl (C=O) groups excluding carboxylic acids is 1. The third-order valence-electron chi connectivity index (χ3n) is 3.78. The predicted molar refractivity (Wildman–Crippen MR) is 102 cm³/mol. The fraction of sp³-hybridized carbons (Fsp3) is 0.150. The summed E-state index contributed by atoms with van der Waals surface area (Å²) in [6.45, 7) is 0. The Hall–Kier alpha value is -2.53. The van der Waals surface area contributed by atoms with Crippen LogP contribution >= 0.6 is 11.8 Å². The van der Waals surface area contributed by atoms with Crippen molar-refractivity contribution in [2.45, 2.75) is 5.75 Å². The van der Waals surface area contributed by atoms with Gasteiger partial charge in [0.05, 0.1) is 12.9 Å². The van der Waals surface area contributed by atoms with Crippen molar-refractivity contribution in [3.8, 4) is 5.75 Å². The number of carbonyl (C=O) groups is 1. The van der Waals surface area contributed by atoms with Crippen LogP contribution < -0.4 is 10.1 Å². The van der Waals surface area contributed by atoms with E-state index in [1.807, 2.05) is 42.5 Å². The highest BCUT2D eigenvalue weighted by Crippen LogP contribution is 2.24. The number of hydrogen-bond acceptors (Lipinski definition) is 3. The van der Waals surface area contributed by atoms with E-state index < -0.39 is 0 Å². The number of nitrogens with one attached hydrogen (secondary N) is 1. The quantitative estimate of drug-likeness (QED) is 0.686. The van der Waals surface area contributed by atoms with Gasteiger partial charge in [-0.25, -0.2) is 4.39 Å². The first-order chi connectivity index (χ1) is 12.2. The van der Waals surface area contributed by atoms with Gasteiger partial charge in [0.2, 0.25) is 5.91 Å². The number of halogens is 1. The van der Waals surface area contributed by atoms with Crippen molar-refractivity contribution in [1.29, 1.82) is 0 Å². The van der Waals surface area contributed by atoms with Crippen LogP contribution in [0.2, 0.25) is 0 Å². The van der Waals surface area contributed by atoms with Crippen LogP contribution in [0.5, 0.6) is 5.75 Å². The van der Waals surface area contributed by atoms with Gasteiger partial charge in [-0.3, -0.25) is 4.79 Å². The van der Waals surface area contributed by atoms with Crippen LogP contribution in [0.15, 0.2) is 60.7 Å². The first kappa shape index (κ1) is 17.3. The van der Waals surface area contributed by atoms with Crippen LogP contribution in [0.25, 0.3) is 10.8 Å². The molecule has 0 aliphatic rings. The topological polar surface area (TPSA) is 38.3 Å². The molecule has 0 saturated heterocycles. The molecule has 0 aliphatic heterocycles. The minimum Gasteiger partial charge on any atom is -0.494 e. The number of amides is 1. The Morgan fingerprint density at radius 1 is 1.12 bits per heavy atom. The molecule has 128 valence electrons. The van der Waals surface area contributed by atoms with E-state index in [-0.39, 0.29) is 17.5 Å². The number of fused-ring (bicyclic) bond motifs is 1. The van der Waals surface area contributed by atoms with Crippen molar-refractivity contribution >= 4 is 34.1 Å². The molecule has 0 heterocycles. The molecule has 0 spiro atoms. The average molecular weight is 355 g/mol. The van der Waals surface area contributed by atoms with Crippen molar-refractivity contribution < 1.29 is 13.9 Å². The number of methoxy groups -OCH3 is 1. The molecule has 0 atom stereocenters. The van der Waals surface area contributed by atoms with Gasteiger partial charge in [-0.05, 0) is 29.1 Å². The summed E-state index contributed by atoms with van der Waals surface area (Å²) in [4.78, 5) is 12.2. The molecule has 0 radical (unpaired) electrons. The summed E-state index contributed by atoms with van der Waals surface area (Å²) in [5.41, 5.74) is 1.63. The largest absolute Gasteiger partial charge is 0.494 e. The standard InChI is InChI=1S/C20H18FNO2S/c1-24-19-10-9-14(11-17(19)21)12-25-13-20(23)22-18-8-4-6-15-5-2-3-7-16(15)18/h2-11H,12-13H2,1H3,(H,22,23). The monoisotopic (exact) mass is 355 g/mol. The smallest absolute Gasteiger partial charge is 0.234 e. The molecule has 3 aromatic rings. The lowest BCUT2D eigenvalue weighted by molar-refractivity contribution is -0.113. The molecule has 3 rings (SSSR count). The number of benzene rings is 3. The van der Waals surface area contributed by atoms with Gasteiger partial charge >= 0.3 is 0 Å². The Morgan fingerprint density at radius 3 is 2.72 bits per heavy atom. The second kappa shape index (κ2) is 8.03. The highest BCUT2D eigenvalue weighted by atomic mass is 32.2. The van der Waals surface area contributed by atoms with Gasteiger partial charge in [0.15, 0.2) is 11.6 Å². The Labute approximate surface area is 150 Å². The van der Waals surface area contributed by atoms with E-state index in [4.69, 9.17) is 4.74 Å². The molecule has 3 nitrogen and oxygen atoms in total. The molecule has 25 heavy (non-hydrogen) atoms. The lowest BCUT2D eigenvalue weighted by atomic mass is 10.1. The van der Waals surface area contributed by atoms with Gasteiger partial charge in [0, 0.05) is 16.8 Å². The van der Waals surface area contributed by atoms with Crippen molar-refractivity contribution in [2.75, 3.05) is 18.2 Å². The molecule has 0 unspecified atom stereocenters. The third kappa shape index (κ3) is 4.31. The predicted octanol–water partition coefficient (Wildman–Crippen LogP) is 4.86. The van der Waals surface area contributed by atoms with Crippen LogP contribution in [0, 0.1) is 5.82 Å². The summed E-state index contributed by atoms with van der Waals surface area (Å²) in [5.74, 6) is 0.624. The Bertz CT molecular complexity index is 893. The Balaban J connectivity index is 1.57. The van der Waals surface area contributed by atoms with Gasteiger partial charge in [0.25, 0.3) is 0 Å². The molecule has 0 aliphatic carbocycles. The van der Waals surface area contributed by atoms with E-state index in [2.05, 4.69) is 5.32 Å². The molecule has 0 saturated carbocycles. The average Bonchev–Trinajstić information content (AvgIpc) is 2.62. The lowest BCUT2D eigenvalue weighted by Gasteiger charge is -2.09. The molecule has 1 amide bonds. The summed E-state index contributed by atoms with van der Waals surface area (Å²) in [6, 6.07) is 18.6. The fourth-order valence-corrected chi connectivity index (χ4v) is 3.36.